The fraction of sp³-hybridized carbons (Fsp3) is 1.00. The zero-order valence-corrected chi connectivity index (χ0v) is 11.6. The molecule has 1 N–H and O–H groups in total. The van der Waals surface area contributed by atoms with E-state index in [1.807, 2.05) is 0 Å². The largest absolute Gasteiger partial charge is 0.317 e. The third kappa shape index (κ3) is 3.64. The Bertz CT molecular complexity index is 194. The van der Waals surface area contributed by atoms with E-state index < -0.39 is 0 Å². The Labute approximate surface area is 105 Å². The first kappa shape index (κ1) is 12.7. The molecule has 2 heterocycles. The summed E-state index contributed by atoms with van der Waals surface area (Å²) >= 11 is 2.21. The van der Waals surface area contributed by atoms with Crippen molar-refractivity contribution >= 4 is 11.8 Å². The van der Waals surface area contributed by atoms with Gasteiger partial charge in [0.1, 0.15) is 0 Å². The van der Waals surface area contributed by atoms with Gasteiger partial charge >= 0.3 is 0 Å². The number of nitrogens with zero attached hydrogens (tertiary/aromatic N) is 1. The average molecular weight is 242 g/mol. The Morgan fingerprint density at radius 1 is 1.12 bits per heavy atom. The van der Waals surface area contributed by atoms with Crippen molar-refractivity contribution in [2.45, 2.75) is 31.9 Å². The van der Waals surface area contributed by atoms with Gasteiger partial charge in [-0.1, -0.05) is 13.8 Å². The van der Waals surface area contributed by atoms with Gasteiger partial charge in [-0.15, -0.1) is 0 Å². The van der Waals surface area contributed by atoms with Gasteiger partial charge in [0.15, 0.2) is 0 Å². The van der Waals surface area contributed by atoms with Gasteiger partial charge in [0, 0.05) is 30.6 Å². The van der Waals surface area contributed by atoms with Gasteiger partial charge in [-0.3, -0.25) is 0 Å². The van der Waals surface area contributed by atoms with E-state index in [2.05, 4.69) is 35.8 Å². The van der Waals surface area contributed by atoms with Crippen molar-refractivity contribution in [3.8, 4) is 0 Å². The van der Waals surface area contributed by atoms with Gasteiger partial charge in [0.2, 0.25) is 0 Å². The highest BCUT2D eigenvalue weighted by Gasteiger charge is 2.25. The molecule has 0 spiro atoms. The van der Waals surface area contributed by atoms with E-state index in [1.165, 1.54) is 51.3 Å². The minimum Gasteiger partial charge on any atom is -0.317 e. The van der Waals surface area contributed by atoms with E-state index >= 15 is 0 Å². The molecule has 0 aromatic rings. The van der Waals surface area contributed by atoms with Crippen LogP contribution in [0.5, 0.6) is 0 Å². The van der Waals surface area contributed by atoms with Gasteiger partial charge in [0.05, 0.1) is 0 Å². The molecule has 2 nitrogen and oxygen atoms in total. The predicted octanol–water partition coefficient (Wildman–Crippen LogP) is 2.06. The maximum Gasteiger partial charge on any atom is 0.00727 e. The highest BCUT2D eigenvalue weighted by molar-refractivity contribution is 7.99. The molecule has 0 aromatic heterocycles. The molecule has 2 aliphatic rings. The molecule has 2 atom stereocenters. The van der Waals surface area contributed by atoms with E-state index in [1.54, 1.807) is 0 Å². The molecule has 2 fully saturated rings. The molecule has 16 heavy (non-hydrogen) atoms. The smallest absolute Gasteiger partial charge is 0.00727 e. The molecule has 2 unspecified atom stereocenters. The Morgan fingerprint density at radius 2 is 1.75 bits per heavy atom. The lowest BCUT2D eigenvalue weighted by molar-refractivity contribution is 0.345. The minimum absolute atomic E-state index is 0.906. The average Bonchev–Trinajstić information content (AvgIpc) is 2.60. The van der Waals surface area contributed by atoms with E-state index in [9.17, 15) is 0 Å². The molecule has 0 radical (unpaired) electrons. The molecular weight excluding hydrogens is 216 g/mol. The zero-order valence-electron chi connectivity index (χ0n) is 10.7. The molecule has 0 bridgehead atoms. The van der Waals surface area contributed by atoms with Gasteiger partial charge in [-0.25, -0.2) is 0 Å². The number of hydrogen-bond acceptors (Lipinski definition) is 3. The second-order valence-electron chi connectivity index (χ2n) is 5.53. The Morgan fingerprint density at radius 3 is 2.38 bits per heavy atom. The van der Waals surface area contributed by atoms with Gasteiger partial charge in [-0.2, -0.15) is 11.8 Å². The van der Waals surface area contributed by atoms with Gasteiger partial charge in [0.25, 0.3) is 0 Å². The van der Waals surface area contributed by atoms with Crippen LogP contribution < -0.4 is 5.32 Å². The molecule has 0 aliphatic carbocycles. The third-order valence-electron chi connectivity index (χ3n) is 4.11. The predicted molar refractivity (Wildman–Crippen MR) is 73.1 cm³/mol. The third-order valence-corrected chi connectivity index (χ3v) is 5.47. The highest BCUT2D eigenvalue weighted by atomic mass is 32.2. The summed E-state index contributed by atoms with van der Waals surface area (Å²) in [5.41, 5.74) is 0. The molecule has 3 heteroatoms. The number of rotatable bonds is 4. The second kappa shape index (κ2) is 6.27. The molecule has 2 aliphatic heterocycles. The van der Waals surface area contributed by atoms with Crippen molar-refractivity contribution in [3.05, 3.63) is 0 Å². The van der Waals surface area contributed by atoms with Crippen molar-refractivity contribution < 1.29 is 0 Å². The molecule has 0 saturated carbocycles. The van der Waals surface area contributed by atoms with E-state index in [-0.39, 0.29) is 0 Å². The summed E-state index contributed by atoms with van der Waals surface area (Å²) in [6, 6.07) is 0. The molecule has 0 amide bonds. The van der Waals surface area contributed by atoms with Crippen LogP contribution in [-0.2, 0) is 0 Å². The van der Waals surface area contributed by atoms with Gasteiger partial charge < -0.3 is 10.2 Å². The van der Waals surface area contributed by atoms with Crippen LogP contribution in [0.25, 0.3) is 0 Å². The maximum absolute atomic E-state index is 3.43. The molecule has 0 aromatic carbocycles. The minimum atomic E-state index is 0.906. The second-order valence-corrected chi connectivity index (χ2v) is 6.94. The lowest BCUT2D eigenvalue weighted by atomic mass is 10.0. The summed E-state index contributed by atoms with van der Waals surface area (Å²) in [5, 5.41) is 4.36. The van der Waals surface area contributed by atoms with Crippen molar-refractivity contribution in [3.63, 3.8) is 0 Å². The lowest BCUT2D eigenvalue weighted by Gasteiger charge is -2.23. The van der Waals surface area contributed by atoms with Crippen LogP contribution in [0.1, 0.15) is 26.7 Å². The van der Waals surface area contributed by atoms with Crippen molar-refractivity contribution in [2.24, 2.45) is 11.8 Å². The number of thioether (sulfide) groups is 1. The number of likely N-dealkylation sites (tertiary alicyclic amines) is 1. The first-order valence-electron chi connectivity index (χ1n) is 6.80. The quantitative estimate of drug-likeness (QED) is 0.812. The summed E-state index contributed by atoms with van der Waals surface area (Å²) in [6.45, 7) is 11.2. The fourth-order valence-corrected chi connectivity index (χ4v) is 4.01. The normalized spacial score (nSPS) is 33.4. The van der Waals surface area contributed by atoms with Crippen LogP contribution in [-0.4, -0.2) is 48.6 Å². The summed E-state index contributed by atoms with van der Waals surface area (Å²) in [5.74, 6) is 3.15. The summed E-state index contributed by atoms with van der Waals surface area (Å²) < 4.78 is 0. The Hall–Kier alpha value is 0.270. The number of nitrogens with one attached hydrogen (secondary N) is 1. The highest BCUT2D eigenvalue weighted by Crippen LogP contribution is 2.24. The number of piperidine rings is 1. The standard InChI is InChI=1S/C13H26N2S/c1-11-9-15(10-12(11)2)7-8-16-13-3-5-14-6-4-13/h11-14H,3-10H2,1-2H3. The summed E-state index contributed by atoms with van der Waals surface area (Å²) in [6.07, 6.45) is 2.74. The van der Waals surface area contributed by atoms with E-state index in [0.29, 0.717) is 0 Å². The monoisotopic (exact) mass is 242 g/mol. The summed E-state index contributed by atoms with van der Waals surface area (Å²) in [4.78, 5) is 2.66. The van der Waals surface area contributed by atoms with Crippen LogP contribution in [0.2, 0.25) is 0 Å². The molecule has 2 saturated heterocycles. The topological polar surface area (TPSA) is 15.3 Å². The van der Waals surface area contributed by atoms with Crippen molar-refractivity contribution in [2.75, 3.05) is 38.5 Å². The van der Waals surface area contributed by atoms with Crippen molar-refractivity contribution in [1.82, 2.24) is 10.2 Å². The van der Waals surface area contributed by atoms with Crippen molar-refractivity contribution in [1.29, 1.82) is 0 Å². The first-order valence-corrected chi connectivity index (χ1v) is 7.85. The molecule has 2 rings (SSSR count). The van der Waals surface area contributed by atoms with Gasteiger partial charge in [-0.05, 0) is 37.8 Å². The summed E-state index contributed by atoms with van der Waals surface area (Å²) in [7, 11) is 0. The Kier molecular flexibility index (Phi) is 4.98. The SMILES string of the molecule is CC1CN(CCSC2CCNCC2)CC1C. The van der Waals surface area contributed by atoms with Crippen LogP contribution in [0.4, 0.5) is 0 Å². The maximum atomic E-state index is 3.43. The first-order chi connectivity index (χ1) is 7.75. The molecule has 94 valence electrons. The van der Waals surface area contributed by atoms with Crippen LogP contribution in [0, 0.1) is 11.8 Å². The van der Waals surface area contributed by atoms with Crippen LogP contribution in [0.15, 0.2) is 0 Å². The zero-order chi connectivity index (χ0) is 11.4. The van der Waals surface area contributed by atoms with E-state index in [4.69, 9.17) is 0 Å². The number of hydrogen-bond donors (Lipinski definition) is 1. The van der Waals surface area contributed by atoms with Crippen LogP contribution in [0.3, 0.4) is 0 Å². The Balaban J connectivity index is 1.57. The van der Waals surface area contributed by atoms with Crippen LogP contribution >= 0.6 is 11.8 Å². The molecular formula is C13H26N2S. The fourth-order valence-electron chi connectivity index (χ4n) is 2.74. The lowest BCUT2D eigenvalue weighted by Crippen LogP contribution is -2.30. The van der Waals surface area contributed by atoms with E-state index in [0.717, 1.165) is 17.1 Å².